The highest BCUT2D eigenvalue weighted by molar-refractivity contribution is 5.77. The number of aliphatic imine (C=N–C) groups is 1. The summed E-state index contributed by atoms with van der Waals surface area (Å²) in [6, 6.07) is 0. The van der Waals surface area contributed by atoms with Crippen LogP contribution in [0.4, 0.5) is 0 Å². The summed E-state index contributed by atoms with van der Waals surface area (Å²) in [5.41, 5.74) is 6.10. The molecule has 1 aliphatic carbocycles. The number of nitrogens with zero attached hydrogens (tertiary/aromatic N) is 1. The summed E-state index contributed by atoms with van der Waals surface area (Å²) in [6.07, 6.45) is 6.68. The van der Waals surface area contributed by atoms with Gasteiger partial charge in [-0.3, -0.25) is 4.99 Å². The first-order chi connectivity index (χ1) is 6.22. The molecule has 0 radical (unpaired) electrons. The van der Waals surface area contributed by atoms with Gasteiger partial charge in [0.2, 0.25) is 0 Å². The van der Waals surface area contributed by atoms with Crippen molar-refractivity contribution in [2.45, 2.75) is 39.0 Å². The standard InChI is InChI=1S/C10H21N3/c1-3-10(6-4-5-7-10)8-13-9(11)12-2/h3-8H2,1-2H3,(H3,11,12,13). The average Bonchev–Trinajstić information content (AvgIpc) is 2.63. The Bertz CT molecular complexity index is 181. The molecule has 1 saturated carbocycles. The average molecular weight is 183 g/mol. The Balaban J connectivity index is 2.40. The predicted octanol–water partition coefficient (Wildman–Crippen LogP) is 1.49. The van der Waals surface area contributed by atoms with Crippen LogP contribution in [-0.4, -0.2) is 19.6 Å². The van der Waals surface area contributed by atoms with Crippen molar-refractivity contribution in [2.75, 3.05) is 13.6 Å². The van der Waals surface area contributed by atoms with Crippen molar-refractivity contribution < 1.29 is 0 Å². The molecule has 3 nitrogen and oxygen atoms in total. The van der Waals surface area contributed by atoms with Crippen molar-refractivity contribution in [3.8, 4) is 0 Å². The molecule has 3 heteroatoms. The van der Waals surface area contributed by atoms with Gasteiger partial charge < -0.3 is 11.1 Å². The molecule has 1 aliphatic rings. The Hall–Kier alpha value is -0.730. The van der Waals surface area contributed by atoms with Gasteiger partial charge >= 0.3 is 0 Å². The Labute approximate surface area is 80.8 Å². The molecule has 0 atom stereocenters. The summed E-state index contributed by atoms with van der Waals surface area (Å²) in [4.78, 5) is 3.90. The minimum Gasteiger partial charge on any atom is -0.370 e. The number of hydrogen-bond donors (Lipinski definition) is 2. The lowest BCUT2D eigenvalue weighted by molar-refractivity contribution is 0.284. The van der Waals surface area contributed by atoms with Crippen LogP contribution in [0.1, 0.15) is 39.0 Å². The van der Waals surface area contributed by atoms with Crippen LogP contribution in [0.3, 0.4) is 0 Å². The van der Waals surface area contributed by atoms with E-state index in [9.17, 15) is 0 Å². The molecular weight excluding hydrogens is 162 g/mol. The highest BCUT2D eigenvalue weighted by Gasteiger charge is 2.31. The summed E-state index contributed by atoms with van der Waals surface area (Å²) in [5.74, 6) is 0.569. The first-order valence-electron chi connectivity index (χ1n) is 5.18. The second-order valence-electron chi connectivity index (χ2n) is 4.02. The molecule has 0 bridgehead atoms. The first kappa shape index (κ1) is 10.4. The van der Waals surface area contributed by atoms with Crippen molar-refractivity contribution in [1.82, 2.24) is 5.32 Å². The van der Waals surface area contributed by atoms with Crippen LogP contribution in [-0.2, 0) is 0 Å². The number of rotatable bonds is 3. The van der Waals surface area contributed by atoms with Gasteiger partial charge in [0.25, 0.3) is 0 Å². The van der Waals surface area contributed by atoms with Gasteiger partial charge in [0, 0.05) is 13.6 Å². The van der Waals surface area contributed by atoms with Crippen molar-refractivity contribution in [3.05, 3.63) is 0 Å². The highest BCUT2D eigenvalue weighted by atomic mass is 15.1. The third-order valence-electron chi connectivity index (χ3n) is 3.30. The number of nitrogens with one attached hydrogen (secondary N) is 1. The molecule has 0 unspecified atom stereocenters. The van der Waals surface area contributed by atoms with E-state index in [1.54, 1.807) is 7.05 Å². The SMILES string of the molecule is CCC1(CNC(N)=NC)CCCC1. The van der Waals surface area contributed by atoms with Gasteiger partial charge in [0.05, 0.1) is 0 Å². The minimum atomic E-state index is 0.495. The molecule has 13 heavy (non-hydrogen) atoms. The van der Waals surface area contributed by atoms with Crippen molar-refractivity contribution >= 4 is 5.96 Å². The lowest BCUT2D eigenvalue weighted by Gasteiger charge is -2.27. The molecule has 0 amide bonds. The summed E-state index contributed by atoms with van der Waals surface area (Å²) in [6.45, 7) is 3.26. The molecular formula is C10H21N3. The Morgan fingerprint density at radius 2 is 2.08 bits per heavy atom. The highest BCUT2D eigenvalue weighted by Crippen LogP contribution is 2.40. The van der Waals surface area contributed by atoms with E-state index < -0.39 is 0 Å². The van der Waals surface area contributed by atoms with Crippen molar-refractivity contribution in [3.63, 3.8) is 0 Å². The fraction of sp³-hybridized carbons (Fsp3) is 0.900. The summed E-state index contributed by atoms with van der Waals surface area (Å²) < 4.78 is 0. The van der Waals surface area contributed by atoms with Gasteiger partial charge in [0.1, 0.15) is 0 Å². The van der Waals surface area contributed by atoms with Gasteiger partial charge in [-0.25, -0.2) is 0 Å². The van der Waals surface area contributed by atoms with Crippen LogP contribution in [0, 0.1) is 5.41 Å². The van der Waals surface area contributed by atoms with Gasteiger partial charge in [-0.2, -0.15) is 0 Å². The largest absolute Gasteiger partial charge is 0.370 e. The van der Waals surface area contributed by atoms with E-state index in [1.165, 1.54) is 32.1 Å². The van der Waals surface area contributed by atoms with E-state index in [1.807, 2.05) is 0 Å². The van der Waals surface area contributed by atoms with Gasteiger partial charge in [0.15, 0.2) is 5.96 Å². The maximum absolute atomic E-state index is 5.60. The molecule has 1 fully saturated rings. The van der Waals surface area contributed by atoms with Crippen molar-refractivity contribution in [2.24, 2.45) is 16.1 Å². The van der Waals surface area contributed by atoms with Crippen molar-refractivity contribution in [1.29, 1.82) is 0 Å². The van der Waals surface area contributed by atoms with Crippen LogP contribution in [0.25, 0.3) is 0 Å². The van der Waals surface area contributed by atoms with Crippen LogP contribution < -0.4 is 11.1 Å². The quantitative estimate of drug-likeness (QED) is 0.514. The van der Waals surface area contributed by atoms with E-state index in [0.717, 1.165) is 6.54 Å². The van der Waals surface area contributed by atoms with Crippen LogP contribution in [0.15, 0.2) is 4.99 Å². The normalized spacial score (nSPS) is 21.8. The second-order valence-corrected chi connectivity index (χ2v) is 4.02. The van der Waals surface area contributed by atoms with Gasteiger partial charge in [-0.15, -0.1) is 0 Å². The fourth-order valence-electron chi connectivity index (χ4n) is 2.14. The minimum absolute atomic E-state index is 0.495. The third-order valence-corrected chi connectivity index (χ3v) is 3.30. The fourth-order valence-corrected chi connectivity index (χ4v) is 2.14. The third kappa shape index (κ3) is 2.61. The lowest BCUT2D eigenvalue weighted by Crippen LogP contribution is -2.39. The molecule has 76 valence electrons. The predicted molar refractivity (Wildman–Crippen MR) is 56.7 cm³/mol. The van der Waals surface area contributed by atoms with Gasteiger partial charge in [-0.1, -0.05) is 19.8 Å². The number of guanidine groups is 1. The van der Waals surface area contributed by atoms with E-state index in [0.29, 0.717) is 11.4 Å². The van der Waals surface area contributed by atoms with Crippen LogP contribution in [0.5, 0.6) is 0 Å². The molecule has 0 spiro atoms. The molecule has 0 aromatic rings. The smallest absolute Gasteiger partial charge is 0.188 e. The summed E-state index contributed by atoms with van der Waals surface area (Å²) in [7, 11) is 1.72. The van der Waals surface area contributed by atoms with E-state index in [2.05, 4.69) is 17.2 Å². The lowest BCUT2D eigenvalue weighted by atomic mass is 9.83. The van der Waals surface area contributed by atoms with Crippen LogP contribution >= 0.6 is 0 Å². The van der Waals surface area contributed by atoms with E-state index in [-0.39, 0.29) is 0 Å². The van der Waals surface area contributed by atoms with E-state index >= 15 is 0 Å². The first-order valence-corrected chi connectivity index (χ1v) is 5.18. The number of nitrogens with two attached hydrogens (primary N) is 1. The second kappa shape index (κ2) is 4.49. The molecule has 0 aromatic carbocycles. The molecule has 0 aromatic heterocycles. The Kier molecular flexibility index (Phi) is 3.58. The maximum atomic E-state index is 5.60. The number of hydrogen-bond acceptors (Lipinski definition) is 1. The van der Waals surface area contributed by atoms with E-state index in [4.69, 9.17) is 5.73 Å². The molecule has 0 aliphatic heterocycles. The zero-order chi connectivity index (χ0) is 9.73. The Morgan fingerprint density at radius 1 is 1.46 bits per heavy atom. The molecule has 0 saturated heterocycles. The topological polar surface area (TPSA) is 50.4 Å². The van der Waals surface area contributed by atoms with Gasteiger partial charge in [-0.05, 0) is 24.7 Å². The zero-order valence-electron chi connectivity index (χ0n) is 8.77. The summed E-state index contributed by atoms with van der Waals surface area (Å²) in [5, 5.41) is 3.19. The zero-order valence-corrected chi connectivity index (χ0v) is 8.77. The monoisotopic (exact) mass is 183 g/mol. The molecule has 3 N–H and O–H groups in total. The summed E-state index contributed by atoms with van der Waals surface area (Å²) >= 11 is 0. The Morgan fingerprint density at radius 3 is 2.54 bits per heavy atom. The maximum Gasteiger partial charge on any atom is 0.188 e. The molecule has 1 rings (SSSR count). The molecule has 0 heterocycles. The van der Waals surface area contributed by atoms with Crippen LogP contribution in [0.2, 0.25) is 0 Å².